The van der Waals surface area contributed by atoms with Crippen LogP contribution in [0.15, 0.2) is 35.3 Å². The van der Waals surface area contributed by atoms with Crippen molar-refractivity contribution in [1.82, 2.24) is 25.4 Å². The molecular weight excluding hydrogens is 317 g/mol. The summed E-state index contributed by atoms with van der Waals surface area (Å²) < 4.78 is 39.3. The molecule has 0 unspecified atom stereocenters. The monoisotopic (exact) mass is 324 g/mol. The van der Waals surface area contributed by atoms with Crippen LogP contribution in [0.5, 0.6) is 0 Å². The van der Waals surface area contributed by atoms with E-state index in [-0.39, 0.29) is 11.6 Å². The number of carbonyl (C=O) groups excluding carboxylic acids is 2. The minimum absolute atomic E-state index is 0.283. The minimum Gasteiger partial charge on any atom is -0.288 e. The maximum absolute atomic E-state index is 12.8. The highest BCUT2D eigenvalue weighted by Crippen LogP contribution is 2.29. The lowest BCUT2D eigenvalue weighted by Gasteiger charge is -2.02. The van der Waals surface area contributed by atoms with Gasteiger partial charge in [0.2, 0.25) is 5.96 Å². The van der Waals surface area contributed by atoms with Crippen LogP contribution < -0.4 is 10.6 Å². The van der Waals surface area contributed by atoms with Crippen molar-refractivity contribution in [3.8, 4) is 5.69 Å². The van der Waals surface area contributed by atoms with Gasteiger partial charge in [0.1, 0.15) is 0 Å². The lowest BCUT2D eigenvalue weighted by atomic mass is 10.3. The molecule has 0 saturated carbocycles. The van der Waals surface area contributed by atoms with E-state index in [9.17, 15) is 22.8 Å². The zero-order valence-electron chi connectivity index (χ0n) is 11.1. The molecule has 1 fully saturated rings. The van der Waals surface area contributed by atoms with Gasteiger partial charge in [0.05, 0.1) is 5.69 Å². The van der Waals surface area contributed by atoms with Crippen molar-refractivity contribution in [2.45, 2.75) is 6.18 Å². The SMILES string of the molecule is O=C1NC(=Nc2nc(C(F)(F)F)nn2-c2ccccc2)NC1=O. The van der Waals surface area contributed by atoms with Crippen molar-refractivity contribution in [2.24, 2.45) is 4.99 Å². The maximum Gasteiger partial charge on any atom is 0.453 e. The molecule has 0 bridgehead atoms. The molecule has 0 spiro atoms. The Morgan fingerprint density at radius 1 is 1.04 bits per heavy atom. The molecule has 1 aliphatic rings. The number of hydrogen-bond acceptors (Lipinski definition) is 5. The number of para-hydroxylation sites is 1. The molecule has 0 radical (unpaired) electrons. The van der Waals surface area contributed by atoms with Crippen molar-refractivity contribution in [3.63, 3.8) is 0 Å². The number of aromatic nitrogens is 3. The molecule has 1 aromatic heterocycles. The Morgan fingerprint density at radius 3 is 2.22 bits per heavy atom. The first kappa shape index (κ1) is 14.7. The molecule has 1 aliphatic heterocycles. The molecule has 2 amide bonds. The Morgan fingerprint density at radius 2 is 1.65 bits per heavy atom. The Balaban J connectivity index is 2.08. The van der Waals surface area contributed by atoms with Crippen LogP contribution in [-0.4, -0.2) is 32.5 Å². The highest BCUT2D eigenvalue weighted by Gasteiger charge is 2.37. The molecule has 8 nitrogen and oxygen atoms in total. The average Bonchev–Trinajstić information content (AvgIpc) is 3.04. The number of nitrogens with one attached hydrogen (secondary N) is 2. The van der Waals surface area contributed by atoms with Gasteiger partial charge in [-0.1, -0.05) is 18.2 Å². The largest absolute Gasteiger partial charge is 0.453 e. The molecule has 0 atom stereocenters. The predicted octanol–water partition coefficient (Wildman–Crippen LogP) is 0.520. The molecule has 1 aromatic carbocycles. The number of rotatable bonds is 2. The van der Waals surface area contributed by atoms with Crippen LogP contribution in [0.4, 0.5) is 19.1 Å². The van der Waals surface area contributed by atoms with Crippen LogP contribution in [0, 0.1) is 0 Å². The van der Waals surface area contributed by atoms with Gasteiger partial charge in [-0.15, -0.1) is 5.10 Å². The third kappa shape index (κ3) is 2.88. The molecule has 1 saturated heterocycles. The normalized spacial score (nSPS) is 14.7. The first-order valence-corrected chi connectivity index (χ1v) is 6.15. The van der Waals surface area contributed by atoms with E-state index in [0.717, 1.165) is 4.68 Å². The smallest absolute Gasteiger partial charge is 0.288 e. The van der Waals surface area contributed by atoms with Crippen LogP contribution in [0.1, 0.15) is 5.82 Å². The van der Waals surface area contributed by atoms with Crippen molar-refractivity contribution in [3.05, 3.63) is 36.2 Å². The van der Waals surface area contributed by atoms with Gasteiger partial charge in [-0.3, -0.25) is 20.2 Å². The van der Waals surface area contributed by atoms with Crippen molar-refractivity contribution in [2.75, 3.05) is 0 Å². The number of carbonyl (C=O) groups is 2. The molecule has 118 valence electrons. The number of guanidine groups is 1. The standard InChI is InChI=1S/C12H7F3N6O2/c13-12(14,15)9-18-11(19-10-16-7(22)8(23)17-10)21(20-9)6-4-2-1-3-5-6/h1-5H,(H2,16,17,18,19,20,22,23). The van der Waals surface area contributed by atoms with E-state index >= 15 is 0 Å². The van der Waals surface area contributed by atoms with Crippen LogP contribution in [0.25, 0.3) is 5.69 Å². The highest BCUT2D eigenvalue weighted by atomic mass is 19.4. The lowest BCUT2D eigenvalue weighted by molar-refractivity contribution is -0.144. The zero-order valence-corrected chi connectivity index (χ0v) is 11.1. The van der Waals surface area contributed by atoms with Crippen LogP contribution in [0.3, 0.4) is 0 Å². The summed E-state index contributed by atoms with van der Waals surface area (Å²) in [6.07, 6.45) is -4.77. The molecule has 23 heavy (non-hydrogen) atoms. The van der Waals surface area contributed by atoms with Gasteiger partial charge in [-0.25, -0.2) is 0 Å². The van der Waals surface area contributed by atoms with Gasteiger partial charge in [-0.05, 0) is 12.1 Å². The Bertz CT molecular complexity index is 794. The quantitative estimate of drug-likeness (QED) is 0.786. The number of benzene rings is 1. The van der Waals surface area contributed by atoms with E-state index in [1.807, 2.05) is 0 Å². The Hall–Kier alpha value is -3.24. The first-order chi connectivity index (χ1) is 10.8. The van der Waals surface area contributed by atoms with Gasteiger partial charge >= 0.3 is 18.0 Å². The lowest BCUT2D eigenvalue weighted by Crippen LogP contribution is -2.25. The maximum atomic E-state index is 12.8. The fraction of sp³-hybridized carbons (Fsp3) is 0.0833. The average molecular weight is 324 g/mol. The summed E-state index contributed by atoms with van der Waals surface area (Å²) in [4.78, 5) is 29.2. The van der Waals surface area contributed by atoms with E-state index < -0.39 is 29.8 Å². The number of amides is 2. The third-order valence-electron chi connectivity index (χ3n) is 2.73. The molecule has 2 N–H and O–H groups in total. The molecule has 0 aliphatic carbocycles. The van der Waals surface area contributed by atoms with Gasteiger partial charge in [0, 0.05) is 0 Å². The Labute approximate surface area is 126 Å². The number of hydrogen-bond donors (Lipinski definition) is 2. The van der Waals surface area contributed by atoms with Crippen LogP contribution >= 0.6 is 0 Å². The van der Waals surface area contributed by atoms with E-state index in [4.69, 9.17) is 0 Å². The summed E-state index contributed by atoms with van der Waals surface area (Å²) in [5, 5.41) is 7.51. The van der Waals surface area contributed by atoms with E-state index in [0.29, 0.717) is 0 Å². The van der Waals surface area contributed by atoms with Gasteiger partial charge < -0.3 is 0 Å². The van der Waals surface area contributed by atoms with Crippen molar-refractivity contribution < 1.29 is 22.8 Å². The first-order valence-electron chi connectivity index (χ1n) is 6.15. The fourth-order valence-corrected chi connectivity index (χ4v) is 1.75. The number of nitrogens with zero attached hydrogens (tertiary/aromatic N) is 4. The molecule has 2 aromatic rings. The minimum atomic E-state index is -4.77. The van der Waals surface area contributed by atoms with Crippen LogP contribution in [-0.2, 0) is 15.8 Å². The third-order valence-corrected chi connectivity index (χ3v) is 2.73. The molecular formula is C12H7F3N6O2. The van der Waals surface area contributed by atoms with Crippen LogP contribution in [0.2, 0.25) is 0 Å². The molecule has 3 rings (SSSR count). The topological polar surface area (TPSA) is 101 Å². The number of aliphatic imine (C=N–C) groups is 1. The fourth-order valence-electron chi connectivity index (χ4n) is 1.75. The zero-order chi connectivity index (χ0) is 16.6. The molecule has 2 heterocycles. The summed E-state index contributed by atoms with van der Waals surface area (Å²) in [5.41, 5.74) is 0.283. The van der Waals surface area contributed by atoms with E-state index in [2.05, 4.69) is 25.7 Å². The second-order valence-electron chi connectivity index (χ2n) is 4.35. The van der Waals surface area contributed by atoms with Crippen molar-refractivity contribution in [1.29, 1.82) is 0 Å². The summed E-state index contributed by atoms with van der Waals surface area (Å²) in [5.74, 6) is -4.09. The van der Waals surface area contributed by atoms with Gasteiger partial charge in [-0.2, -0.15) is 27.8 Å². The summed E-state index contributed by atoms with van der Waals surface area (Å²) in [6, 6.07) is 7.88. The van der Waals surface area contributed by atoms with Gasteiger partial charge in [0.25, 0.3) is 11.8 Å². The second-order valence-corrected chi connectivity index (χ2v) is 4.35. The summed E-state index contributed by atoms with van der Waals surface area (Å²) in [7, 11) is 0. The Kier molecular flexibility index (Phi) is 3.32. The summed E-state index contributed by atoms with van der Waals surface area (Å²) >= 11 is 0. The van der Waals surface area contributed by atoms with Crippen molar-refractivity contribution >= 4 is 23.7 Å². The number of alkyl halides is 3. The highest BCUT2D eigenvalue weighted by molar-refractivity contribution is 6.45. The van der Waals surface area contributed by atoms with Gasteiger partial charge in [0.15, 0.2) is 0 Å². The number of halogens is 3. The van der Waals surface area contributed by atoms with E-state index in [1.54, 1.807) is 18.2 Å². The predicted molar refractivity (Wildman–Crippen MR) is 69.7 cm³/mol. The molecule has 11 heteroatoms. The summed E-state index contributed by atoms with van der Waals surface area (Å²) in [6.45, 7) is 0. The second kappa shape index (κ2) is 5.19. The van der Waals surface area contributed by atoms with E-state index in [1.165, 1.54) is 12.1 Å².